The highest BCUT2D eigenvalue weighted by Crippen LogP contribution is 2.44. The summed E-state index contributed by atoms with van der Waals surface area (Å²) in [7, 11) is 0. The van der Waals surface area contributed by atoms with Crippen molar-refractivity contribution in [2.75, 3.05) is 32.8 Å². The van der Waals surface area contributed by atoms with E-state index in [2.05, 4.69) is 15.3 Å². The Hall–Kier alpha value is -2.23. The summed E-state index contributed by atoms with van der Waals surface area (Å²) in [4.78, 5) is 27.5. The number of carbonyl (C=O) groups excluding carboxylic acids is 2. The highest BCUT2D eigenvalue weighted by molar-refractivity contribution is 7.14. The number of hydrogen-bond donors (Lipinski definition) is 2. The molecule has 0 aliphatic carbocycles. The maximum absolute atomic E-state index is 12.3. The van der Waals surface area contributed by atoms with Crippen LogP contribution in [0.5, 0.6) is 0 Å². The number of fused-ring (bicyclic) bond motifs is 2. The fraction of sp³-hybridized carbons (Fsp3) is 0.526. The van der Waals surface area contributed by atoms with Crippen LogP contribution in [0.1, 0.15) is 33.0 Å². The fourth-order valence-corrected chi connectivity index (χ4v) is 5.16. The zero-order valence-corrected chi connectivity index (χ0v) is 16.5. The van der Waals surface area contributed by atoms with E-state index < -0.39 is 5.91 Å². The number of ether oxygens (including phenoxy) is 1. The molecule has 9 heteroatoms. The Morgan fingerprint density at radius 2 is 2.14 bits per heavy atom. The van der Waals surface area contributed by atoms with Crippen LogP contribution in [0.4, 0.5) is 0 Å². The van der Waals surface area contributed by atoms with E-state index in [9.17, 15) is 9.59 Å². The van der Waals surface area contributed by atoms with Crippen molar-refractivity contribution in [2.45, 2.75) is 31.4 Å². The van der Waals surface area contributed by atoms with Gasteiger partial charge in [0, 0.05) is 43.3 Å². The number of nitrogens with two attached hydrogens (primary N) is 1. The van der Waals surface area contributed by atoms with Gasteiger partial charge >= 0.3 is 0 Å². The van der Waals surface area contributed by atoms with Gasteiger partial charge in [0.25, 0.3) is 5.91 Å². The summed E-state index contributed by atoms with van der Waals surface area (Å²) in [6.45, 7) is 4.31. The number of thiophene rings is 1. The SMILES string of the molecule is NC(=O)CNC(=O)c1cc2c(s1)CCOC21CCN(CCn2cccn2)CC1. The average Bonchev–Trinajstić information content (AvgIpc) is 3.36. The summed E-state index contributed by atoms with van der Waals surface area (Å²) in [5.41, 5.74) is 5.97. The van der Waals surface area contributed by atoms with Gasteiger partial charge in [-0.1, -0.05) is 0 Å². The van der Waals surface area contributed by atoms with E-state index in [0.29, 0.717) is 11.5 Å². The lowest BCUT2D eigenvalue weighted by Gasteiger charge is -2.44. The Bertz CT molecular complexity index is 840. The molecule has 1 fully saturated rings. The number of primary amides is 1. The number of hydrogen-bond acceptors (Lipinski definition) is 6. The predicted octanol–water partition coefficient (Wildman–Crippen LogP) is 0.724. The molecule has 2 amide bonds. The molecule has 2 aromatic rings. The van der Waals surface area contributed by atoms with Gasteiger partial charge < -0.3 is 20.7 Å². The second-order valence-electron chi connectivity index (χ2n) is 7.30. The molecule has 150 valence electrons. The Balaban J connectivity index is 1.41. The Labute approximate surface area is 167 Å². The van der Waals surface area contributed by atoms with Gasteiger partial charge in [-0.05, 0) is 30.5 Å². The minimum absolute atomic E-state index is 0.145. The van der Waals surface area contributed by atoms with Crippen LogP contribution < -0.4 is 11.1 Å². The van der Waals surface area contributed by atoms with Crippen molar-refractivity contribution in [3.05, 3.63) is 39.8 Å². The molecule has 1 spiro atoms. The first-order valence-corrected chi connectivity index (χ1v) is 10.4. The summed E-state index contributed by atoms with van der Waals surface area (Å²) in [6, 6.07) is 3.89. The molecule has 3 N–H and O–H groups in total. The second kappa shape index (κ2) is 8.02. The molecule has 2 aliphatic rings. The van der Waals surface area contributed by atoms with Crippen LogP contribution in [0, 0.1) is 0 Å². The van der Waals surface area contributed by atoms with Crippen molar-refractivity contribution in [1.29, 1.82) is 0 Å². The maximum atomic E-state index is 12.3. The number of amides is 2. The largest absolute Gasteiger partial charge is 0.370 e. The van der Waals surface area contributed by atoms with Crippen molar-refractivity contribution < 1.29 is 14.3 Å². The van der Waals surface area contributed by atoms with Crippen molar-refractivity contribution in [2.24, 2.45) is 5.73 Å². The molecule has 2 aromatic heterocycles. The number of nitrogens with one attached hydrogen (secondary N) is 1. The zero-order valence-electron chi connectivity index (χ0n) is 15.7. The van der Waals surface area contributed by atoms with Gasteiger partial charge in [-0.15, -0.1) is 11.3 Å². The molecule has 0 bridgehead atoms. The topological polar surface area (TPSA) is 102 Å². The summed E-state index contributed by atoms with van der Waals surface area (Å²) in [5.74, 6) is -0.790. The molecule has 0 unspecified atom stereocenters. The molecule has 0 aromatic carbocycles. The molecular formula is C19H25N5O3S. The molecule has 0 radical (unpaired) electrons. The monoisotopic (exact) mass is 403 g/mol. The van der Waals surface area contributed by atoms with E-state index in [1.54, 1.807) is 6.20 Å². The molecule has 4 rings (SSSR count). The lowest BCUT2D eigenvalue weighted by Crippen LogP contribution is -2.46. The first-order valence-electron chi connectivity index (χ1n) is 9.59. The number of aromatic nitrogens is 2. The van der Waals surface area contributed by atoms with Crippen LogP contribution in [-0.4, -0.2) is 59.3 Å². The van der Waals surface area contributed by atoms with Crippen molar-refractivity contribution in [3.63, 3.8) is 0 Å². The summed E-state index contributed by atoms with van der Waals surface area (Å²) in [6.07, 6.45) is 6.44. The predicted molar refractivity (Wildman–Crippen MR) is 105 cm³/mol. The minimum atomic E-state index is -0.544. The first-order chi connectivity index (χ1) is 13.6. The number of likely N-dealkylation sites (tertiary alicyclic amines) is 1. The lowest BCUT2D eigenvalue weighted by atomic mass is 9.82. The summed E-state index contributed by atoms with van der Waals surface area (Å²) >= 11 is 1.50. The standard InChI is InChI=1S/C19H25N5O3S/c20-17(25)13-21-18(26)16-12-14-15(28-16)2-11-27-19(14)3-7-23(8-4-19)9-10-24-6-1-5-22-24/h1,5-6,12H,2-4,7-11,13H2,(H2,20,25)(H,21,26). The molecule has 0 atom stereocenters. The number of carbonyl (C=O) groups is 2. The first kappa shape index (κ1) is 19.1. The van der Waals surface area contributed by atoms with Crippen LogP contribution in [0.2, 0.25) is 0 Å². The minimum Gasteiger partial charge on any atom is -0.370 e. The third-order valence-corrected chi connectivity index (χ3v) is 6.72. The molecule has 2 aliphatic heterocycles. The normalized spacial score (nSPS) is 18.7. The van der Waals surface area contributed by atoms with E-state index >= 15 is 0 Å². The molecule has 0 saturated carbocycles. The highest BCUT2D eigenvalue weighted by atomic mass is 32.1. The average molecular weight is 404 g/mol. The number of nitrogens with zero attached hydrogens (tertiary/aromatic N) is 3. The van der Waals surface area contributed by atoms with Gasteiger partial charge in [-0.25, -0.2) is 0 Å². The van der Waals surface area contributed by atoms with Crippen LogP contribution in [0.15, 0.2) is 24.5 Å². The Kier molecular flexibility index (Phi) is 5.47. The lowest BCUT2D eigenvalue weighted by molar-refractivity contribution is -0.117. The van der Waals surface area contributed by atoms with Crippen LogP contribution in [-0.2, 0) is 28.1 Å². The van der Waals surface area contributed by atoms with E-state index in [1.807, 2.05) is 23.0 Å². The van der Waals surface area contributed by atoms with Crippen LogP contribution in [0.3, 0.4) is 0 Å². The van der Waals surface area contributed by atoms with Crippen molar-refractivity contribution >= 4 is 23.2 Å². The van der Waals surface area contributed by atoms with Crippen molar-refractivity contribution in [3.8, 4) is 0 Å². The number of rotatable bonds is 6. The quantitative estimate of drug-likeness (QED) is 0.740. The Morgan fingerprint density at radius 1 is 1.32 bits per heavy atom. The molecule has 8 nitrogen and oxygen atoms in total. The molecule has 28 heavy (non-hydrogen) atoms. The van der Waals surface area contributed by atoms with Crippen molar-refractivity contribution in [1.82, 2.24) is 20.0 Å². The van der Waals surface area contributed by atoms with E-state index in [1.165, 1.54) is 16.2 Å². The number of piperidine rings is 1. The van der Waals surface area contributed by atoms with Gasteiger partial charge in [0.05, 0.1) is 30.2 Å². The van der Waals surface area contributed by atoms with Crippen LogP contribution in [0.25, 0.3) is 0 Å². The van der Waals surface area contributed by atoms with Gasteiger partial charge in [-0.3, -0.25) is 14.3 Å². The van der Waals surface area contributed by atoms with Gasteiger partial charge in [0.2, 0.25) is 5.91 Å². The maximum Gasteiger partial charge on any atom is 0.261 e. The smallest absolute Gasteiger partial charge is 0.261 e. The molecule has 1 saturated heterocycles. The summed E-state index contributed by atoms with van der Waals surface area (Å²) < 4.78 is 8.23. The van der Waals surface area contributed by atoms with E-state index in [0.717, 1.165) is 51.0 Å². The van der Waals surface area contributed by atoms with Crippen LogP contribution >= 0.6 is 11.3 Å². The van der Waals surface area contributed by atoms with Gasteiger partial charge in [0.15, 0.2) is 0 Å². The summed E-state index contributed by atoms with van der Waals surface area (Å²) in [5, 5.41) is 6.83. The van der Waals surface area contributed by atoms with E-state index in [-0.39, 0.29) is 18.1 Å². The molecular weight excluding hydrogens is 378 g/mol. The fourth-order valence-electron chi connectivity index (χ4n) is 4.01. The third kappa shape index (κ3) is 3.96. The molecule has 4 heterocycles. The van der Waals surface area contributed by atoms with Gasteiger partial charge in [-0.2, -0.15) is 5.10 Å². The Morgan fingerprint density at radius 3 is 2.86 bits per heavy atom. The zero-order chi connectivity index (χ0) is 19.6. The van der Waals surface area contributed by atoms with Gasteiger partial charge in [0.1, 0.15) is 0 Å². The third-order valence-electron chi connectivity index (χ3n) is 5.52. The highest BCUT2D eigenvalue weighted by Gasteiger charge is 2.42. The van der Waals surface area contributed by atoms with E-state index in [4.69, 9.17) is 10.5 Å². The second-order valence-corrected chi connectivity index (χ2v) is 8.44.